The molecule has 1 saturated carbocycles. The molecule has 0 bridgehead atoms. The molecule has 3 nitrogen and oxygen atoms in total. The van der Waals surface area contributed by atoms with E-state index in [1.165, 1.54) is 38.5 Å². The van der Waals surface area contributed by atoms with E-state index in [-0.39, 0.29) is 0 Å². The Morgan fingerprint density at radius 3 is 2.16 bits per heavy atom. The lowest BCUT2D eigenvalue weighted by Crippen LogP contribution is -2.51. The second kappa shape index (κ2) is 7.98. The summed E-state index contributed by atoms with van der Waals surface area (Å²) < 4.78 is 0. The lowest BCUT2D eigenvalue weighted by molar-refractivity contribution is -0.141. The summed E-state index contributed by atoms with van der Waals surface area (Å²) in [5.74, 6) is 2.57. The van der Waals surface area contributed by atoms with E-state index in [9.17, 15) is 4.79 Å². The molecular formula is C22H40N2O. The highest BCUT2D eigenvalue weighted by Crippen LogP contribution is 2.54. The molecule has 0 N–H and O–H groups in total. The number of hydrogen-bond acceptors (Lipinski definition) is 2. The number of piperidine rings is 2. The van der Waals surface area contributed by atoms with Crippen LogP contribution in [-0.4, -0.2) is 47.9 Å². The molecule has 2 heterocycles. The van der Waals surface area contributed by atoms with Crippen molar-refractivity contribution in [3.8, 4) is 0 Å². The van der Waals surface area contributed by atoms with Gasteiger partial charge in [-0.1, -0.05) is 20.8 Å². The van der Waals surface area contributed by atoms with Gasteiger partial charge in [0.1, 0.15) is 0 Å². The lowest BCUT2D eigenvalue weighted by Gasteiger charge is -2.53. The van der Waals surface area contributed by atoms with E-state index in [2.05, 4.69) is 37.5 Å². The van der Waals surface area contributed by atoms with E-state index in [1.807, 2.05) is 0 Å². The molecule has 25 heavy (non-hydrogen) atoms. The molecule has 2 saturated heterocycles. The minimum Gasteiger partial charge on any atom is -0.342 e. The van der Waals surface area contributed by atoms with Crippen LogP contribution in [0.5, 0.6) is 0 Å². The van der Waals surface area contributed by atoms with Crippen LogP contribution in [0.2, 0.25) is 0 Å². The Labute approximate surface area is 155 Å². The molecule has 0 radical (unpaired) electrons. The highest BCUT2D eigenvalue weighted by Gasteiger charge is 2.46. The Balaban J connectivity index is 1.41. The highest BCUT2D eigenvalue weighted by atomic mass is 16.2. The maximum atomic E-state index is 12.9. The molecule has 1 unspecified atom stereocenters. The standard InChI is InChI=1S/C22H40N2O/c1-5-18(4)23-10-6-20(7-11-23)21(25)24-12-8-22(9-13-24)15-19(16-22)14-17(2)3/h17-20H,5-16H2,1-4H3. The fraction of sp³-hybridized carbons (Fsp3) is 0.955. The second-order valence-electron chi connectivity index (χ2n) is 9.80. The summed E-state index contributed by atoms with van der Waals surface area (Å²) in [7, 11) is 0. The zero-order valence-corrected chi connectivity index (χ0v) is 17.1. The van der Waals surface area contributed by atoms with Gasteiger partial charge < -0.3 is 9.80 Å². The van der Waals surface area contributed by atoms with Crippen molar-refractivity contribution >= 4 is 5.91 Å². The molecule has 1 spiro atoms. The number of nitrogens with zero attached hydrogens (tertiary/aromatic N) is 2. The molecule has 3 rings (SSSR count). The van der Waals surface area contributed by atoms with Crippen LogP contribution < -0.4 is 0 Å². The first-order chi connectivity index (χ1) is 11.9. The van der Waals surface area contributed by atoms with Crippen molar-refractivity contribution in [1.82, 2.24) is 9.80 Å². The van der Waals surface area contributed by atoms with Gasteiger partial charge in [0, 0.05) is 25.0 Å². The molecule has 3 fully saturated rings. The molecule has 0 aromatic heterocycles. The first-order valence-electron chi connectivity index (χ1n) is 11.0. The molecule has 144 valence electrons. The Hall–Kier alpha value is -0.570. The zero-order chi connectivity index (χ0) is 18.0. The number of likely N-dealkylation sites (tertiary alicyclic amines) is 2. The monoisotopic (exact) mass is 348 g/mol. The van der Waals surface area contributed by atoms with Crippen LogP contribution in [-0.2, 0) is 4.79 Å². The number of rotatable bonds is 5. The van der Waals surface area contributed by atoms with Gasteiger partial charge in [0.15, 0.2) is 0 Å². The van der Waals surface area contributed by atoms with E-state index in [0.29, 0.717) is 23.3 Å². The van der Waals surface area contributed by atoms with Crippen LogP contribution in [0.1, 0.15) is 79.1 Å². The average Bonchev–Trinajstić information content (AvgIpc) is 2.59. The quantitative estimate of drug-likeness (QED) is 0.727. The Kier molecular flexibility index (Phi) is 6.13. The summed E-state index contributed by atoms with van der Waals surface area (Å²) in [4.78, 5) is 17.7. The Morgan fingerprint density at radius 1 is 1.04 bits per heavy atom. The van der Waals surface area contributed by atoms with Gasteiger partial charge >= 0.3 is 0 Å². The predicted octanol–water partition coefficient (Wildman–Crippen LogP) is 4.56. The van der Waals surface area contributed by atoms with E-state index in [1.54, 1.807) is 0 Å². The van der Waals surface area contributed by atoms with E-state index in [4.69, 9.17) is 0 Å². The summed E-state index contributed by atoms with van der Waals surface area (Å²) in [6, 6.07) is 0.670. The summed E-state index contributed by atoms with van der Waals surface area (Å²) in [6.45, 7) is 13.5. The zero-order valence-electron chi connectivity index (χ0n) is 17.1. The van der Waals surface area contributed by atoms with Crippen LogP contribution in [0, 0.1) is 23.2 Å². The number of amides is 1. The van der Waals surface area contributed by atoms with Gasteiger partial charge in [-0.05, 0) is 88.6 Å². The Bertz CT molecular complexity index is 437. The van der Waals surface area contributed by atoms with Gasteiger partial charge in [-0.25, -0.2) is 0 Å². The summed E-state index contributed by atoms with van der Waals surface area (Å²) >= 11 is 0. The van der Waals surface area contributed by atoms with Gasteiger partial charge in [0.2, 0.25) is 5.91 Å². The smallest absolute Gasteiger partial charge is 0.225 e. The third-order valence-electron chi connectivity index (χ3n) is 7.48. The van der Waals surface area contributed by atoms with Crippen LogP contribution in [0.15, 0.2) is 0 Å². The van der Waals surface area contributed by atoms with Gasteiger partial charge in [0.05, 0.1) is 0 Å². The number of hydrogen-bond donors (Lipinski definition) is 0. The topological polar surface area (TPSA) is 23.6 Å². The SMILES string of the molecule is CCC(C)N1CCC(C(=O)N2CCC3(CC2)CC(CC(C)C)C3)CC1. The van der Waals surface area contributed by atoms with Gasteiger partial charge in [0.25, 0.3) is 0 Å². The molecule has 3 heteroatoms. The minimum absolute atomic E-state index is 0.296. The molecule has 0 aromatic rings. The first kappa shape index (κ1) is 19.2. The van der Waals surface area contributed by atoms with Crippen LogP contribution in [0.4, 0.5) is 0 Å². The minimum atomic E-state index is 0.296. The molecule has 1 atom stereocenters. The third kappa shape index (κ3) is 4.40. The summed E-state index contributed by atoms with van der Waals surface area (Å²) in [5, 5.41) is 0. The van der Waals surface area contributed by atoms with Crippen molar-refractivity contribution in [3.63, 3.8) is 0 Å². The van der Waals surface area contributed by atoms with Crippen LogP contribution in [0.25, 0.3) is 0 Å². The van der Waals surface area contributed by atoms with E-state index in [0.717, 1.165) is 50.9 Å². The maximum Gasteiger partial charge on any atom is 0.225 e. The Morgan fingerprint density at radius 2 is 1.64 bits per heavy atom. The summed E-state index contributed by atoms with van der Waals surface area (Å²) in [5.41, 5.74) is 0.607. The summed E-state index contributed by atoms with van der Waals surface area (Å²) in [6.07, 6.45) is 10.1. The molecule has 0 aromatic carbocycles. The number of carbonyl (C=O) groups excluding carboxylic acids is 1. The van der Waals surface area contributed by atoms with Crippen molar-refractivity contribution in [3.05, 3.63) is 0 Å². The highest BCUT2D eigenvalue weighted by molar-refractivity contribution is 5.79. The largest absolute Gasteiger partial charge is 0.342 e. The molecule has 2 aliphatic heterocycles. The van der Waals surface area contributed by atoms with Crippen molar-refractivity contribution in [2.24, 2.45) is 23.2 Å². The third-order valence-corrected chi connectivity index (χ3v) is 7.48. The van der Waals surface area contributed by atoms with Crippen molar-refractivity contribution in [2.45, 2.75) is 85.1 Å². The van der Waals surface area contributed by atoms with E-state index < -0.39 is 0 Å². The maximum absolute atomic E-state index is 12.9. The molecule has 3 aliphatic rings. The van der Waals surface area contributed by atoms with Gasteiger partial charge in [-0.15, -0.1) is 0 Å². The van der Waals surface area contributed by atoms with E-state index >= 15 is 0 Å². The first-order valence-corrected chi connectivity index (χ1v) is 11.0. The lowest BCUT2D eigenvalue weighted by atomic mass is 9.56. The average molecular weight is 349 g/mol. The predicted molar refractivity (Wildman–Crippen MR) is 104 cm³/mol. The van der Waals surface area contributed by atoms with Crippen molar-refractivity contribution in [2.75, 3.05) is 26.2 Å². The van der Waals surface area contributed by atoms with Crippen LogP contribution in [0.3, 0.4) is 0 Å². The van der Waals surface area contributed by atoms with Gasteiger partial charge in [-0.3, -0.25) is 4.79 Å². The normalized spacial score (nSPS) is 26.8. The fourth-order valence-corrected chi connectivity index (χ4v) is 5.71. The fourth-order valence-electron chi connectivity index (χ4n) is 5.71. The van der Waals surface area contributed by atoms with Crippen molar-refractivity contribution < 1.29 is 4.79 Å². The molecular weight excluding hydrogens is 308 g/mol. The molecule has 1 aliphatic carbocycles. The van der Waals surface area contributed by atoms with Gasteiger partial charge in [-0.2, -0.15) is 0 Å². The van der Waals surface area contributed by atoms with Crippen molar-refractivity contribution in [1.29, 1.82) is 0 Å². The number of carbonyl (C=O) groups is 1. The van der Waals surface area contributed by atoms with Crippen LogP contribution >= 0.6 is 0 Å². The molecule has 1 amide bonds. The second-order valence-corrected chi connectivity index (χ2v) is 9.80.